The van der Waals surface area contributed by atoms with E-state index in [2.05, 4.69) is 15.2 Å². The van der Waals surface area contributed by atoms with Gasteiger partial charge >= 0.3 is 0 Å². The third-order valence-electron chi connectivity index (χ3n) is 7.38. The number of hydrogen-bond acceptors (Lipinski definition) is 6. The number of carbonyl (C=O) groups is 2. The van der Waals surface area contributed by atoms with Gasteiger partial charge in [0, 0.05) is 47.8 Å². The van der Waals surface area contributed by atoms with Crippen molar-refractivity contribution in [2.24, 2.45) is 11.8 Å². The fraction of sp³-hybridized carbons (Fsp3) is 0.414. The minimum Gasteiger partial charge on any atom is -0.489 e. The molecule has 1 aromatic heterocycles. The zero-order valence-electron chi connectivity index (χ0n) is 21.2. The predicted octanol–water partition coefficient (Wildman–Crippen LogP) is 3.85. The monoisotopic (exact) mass is 502 g/mol. The number of carbonyl (C=O) groups excluding carboxylic acids is 2. The van der Waals surface area contributed by atoms with Crippen LogP contribution in [0.25, 0.3) is 10.9 Å². The second kappa shape index (κ2) is 11.3. The van der Waals surface area contributed by atoms with E-state index in [4.69, 9.17) is 9.94 Å². The van der Waals surface area contributed by atoms with Gasteiger partial charge in [0.05, 0.1) is 5.52 Å². The molecule has 0 unspecified atom stereocenters. The van der Waals surface area contributed by atoms with E-state index < -0.39 is 5.91 Å². The van der Waals surface area contributed by atoms with Gasteiger partial charge in [-0.3, -0.25) is 19.8 Å². The van der Waals surface area contributed by atoms with Crippen LogP contribution in [-0.4, -0.2) is 52.6 Å². The van der Waals surface area contributed by atoms with Crippen LogP contribution in [0.4, 0.5) is 0 Å². The highest BCUT2D eigenvalue weighted by Gasteiger charge is 2.34. The number of nitrogens with one attached hydrogen (secondary N) is 2. The van der Waals surface area contributed by atoms with Crippen LogP contribution in [-0.2, 0) is 11.4 Å². The number of rotatable bonds is 9. The molecule has 1 saturated heterocycles. The highest BCUT2D eigenvalue weighted by Crippen LogP contribution is 2.32. The zero-order valence-corrected chi connectivity index (χ0v) is 21.2. The molecule has 1 aliphatic heterocycles. The molecule has 2 heterocycles. The van der Waals surface area contributed by atoms with Crippen LogP contribution >= 0.6 is 0 Å². The first-order chi connectivity index (χ1) is 18.0. The number of aromatic nitrogens is 1. The molecule has 1 saturated carbocycles. The number of hydrogen-bond donors (Lipinski definition) is 3. The van der Waals surface area contributed by atoms with Gasteiger partial charge in [-0.1, -0.05) is 18.2 Å². The van der Waals surface area contributed by atoms with E-state index in [1.807, 2.05) is 49.4 Å². The number of benzene rings is 2. The summed E-state index contributed by atoms with van der Waals surface area (Å²) in [6.07, 6.45) is 3.54. The summed E-state index contributed by atoms with van der Waals surface area (Å²) in [5, 5.41) is 13.2. The third-order valence-corrected chi connectivity index (χ3v) is 7.38. The number of amides is 2. The molecule has 2 amide bonds. The molecule has 194 valence electrons. The summed E-state index contributed by atoms with van der Waals surface area (Å²) >= 11 is 0. The van der Waals surface area contributed by atoms with E-state index in [0.717, 1.165) is 47.6 Å². The van der Waals surface area contributed by atoms with Crippen molar-refractivity contribution < 1.29 is 19.5 Å². The largest absolute Gasteiger partial charge is 0.489 e. The van der Waals surface area contributed by atoms with Gasteiger partial charge in [0.15, 0.2) is 0 Å². The lowest BCUT2D eigenvalue weighted by atomic mass is 9.88. The Morgan fingerprint density at radius 1 is 1.11 bits per heavy atom. The predicted molar refractivity (Wildman–Crippen MR) is 140 cm³/mol. The fourth-order valence-corrected chi connectivity index (χ4v) is 5.22. The first-order valence-corrected chi connectivity index (χ1v) is 13.0. The number of nitrogens with zero attached hydrogens (tertiary/aromatic N) is 2. The van der Waals surface area contributed by atoms with Crippen molar-refractivity contribution in [1.82, 2.24) is 20.7 Å². The van der Waals surface area contributed by atoms with E-state index >= 15 is 0 Å². The molecule has 2 aliphatic rings. The van der Waals surface area contributed by atoms with Crippen molar-refractivity contribution in [1.29, 1.82) is 0 Å². The topological polar surface area (TPSA) is 104 Å². The highest BCUT2D eigenvalue weighted by atomic mass is 16.5. The molecular weight excluding hydrogens is 468 g/mol. The van der Waals surface area contributed by atoms with Crippen LogP contribution < -0.4 is 15.5 Å². The molecule has 37 heavy (non-hydrogen) atoms. The first-order valence-electron chi connectivity index (χ1n) is 13.0. The molecule has 8 nitrogen and oxygen atoms in total. The average Bonchev–Trinajstić information content (AvgIpc) is 3.73. The Morgan fingerprint density at radius 2 is 1.89 bits per heavy atom. The lowest BCUT2D eigenvalue weighted by Gasteiger charge is -2.38. The van der Waals surface area contributed by atoms with Gasteiger partial charge in [-0.25, -0.2) is 5.48 Å². The van der Waals surface area contributed by atoms with Crippen molar-refractivity contribution in [3.05, 3.63) is 71.4 Å². The van der Waals surface area contributed by atoms with Crippen LogP contribution in [0, 0.1) is 18.8 Å². The second-order valence-corrected chi connectivity index (χ2v) is 10.3. The zero-order chi connectivity index (χ0) is 25.8. The van der Waals surface area contributed by atoms with E-state index in [1.165, 1.54) is 12.8 Å². The van der Waals surface area contributed by atoms with Crippen LogP contribution in [0.5, 0.6) is 5.75 Å². The minimum atomic E-state index is -0.418. The normalized spacial score (nSPS) is 19.9. The number of likely N-dealkylation sites (tertiary alicyclic amines) is 1. The summed E-state index contributed by atoms with van der Waals surface area (Å²) in [4.78, 5) is 31.9. The number of aryl methyl sites for hydroxylation is 1. The quantitative estimate of drug-likeness (QED) is 0.303. The Hall–Kier alpha value is -3.49. The molecule has 0 bridgehead atoms. The summed E-state index contributed by atoms with van der Waals surface area (Å²) in [5.41, 5.74) is 5.23. The number of hydroxylamine groups is 1. The van der Waals surface area contributed by atoms with E-state index in [1.54, 1.807) is 17.6 Å². The Balaban J connectivity index is 1.22. The van der Waals surface area contributed by atoms with Gasteiger partial charge < -0.3 is 15.0 Å². The van der Waals surface area contributed by atoms with Crippen LogP contribution in [0.2, 0.25) is 0 Å². The van der Waals surface area contributed by atoms with Gasteiger partial charge in [0.1, 0.15) is 12.4 Å². The van der Waals surface area contributed by atoms with Crippen molar-refractivity contribution in [3.63, 3.8) is 0 Å². The smallest absolute Gasteiger partial charge is 0.251 e. The van der Waals surface area contributed by atoms with Crippen LogP contribution in [0.15, 0.2) is 54.6 Å². The fourth-order valence-electron chi connectivity index (χ4n) is 5.22. The number of para-hydroxylation sites is 1. The van der Waals surface area contributed by atoms with Gasteiger partial charge in [-0.05, 0) is 81.0 Å². The van der Waals surface area contributed by atoms with Crippen LogP contribution in [0.3, 0.4) is 0 Å². The summed E-state index contributed by atoms with van der Waals surface area (Å²) in [7, 11) is 0. The average molecular weight is 503 g/mol. The molecule has 2 fully saturated rings. The number of piperidine rings is 1. The van der Waals surface area contributed by atoms with E-state index in [-0.39, 0.29) is 24.3 Å². The Labute approximate surface area is 217 Å². The lowest BCUT2D eigenvalue weighted by molar-refractivity contribution is -0.130. The molecule has 8 heteroatoms. The molecule has 2 aromatic carbocycles. The maximum Gasteiger partial charge on any atom is 0.251 e. The standard InChI is InChI=1S/C29H34N4O4/c1-19-14-23(25-4-2-3-5-26(25)30-19)18-37-24-10-8-21(9-11-24)29(35)31-27-17-33(16-20-6-7-20)13-12-22(27)15-28(34)32-36/h2-5,8-11,14,20,22,27,36H,6-7,12-13,15-18H2,1H3,(H,31,35)(H,32,34)/t22-,27+/m0/s1. The van der Waals surface area contributed by atoms with Crippen molar-refractivity contribution in [2.75, 3.05) is 19.6 Å². The second-order valence-electron chi connectivity index (χ2n) is 10.3. The maximum atomic E-state index is 13.1. The van der Waals surface area contributed by atoms with Crippen molar-refractivity contribution >= 4 is 22.7 Å². The lowest BCUT2D eigenvalue weighted by Crippen LogP contribution is -2.53. The summed E-state index contributed by atoms with van der Waals surface area (Å²) in [6, 6.07) is 17.0. The Morgan fingerprint density at radius 3 is 2.65 bits per heavy atom. The molecule has 5 rings (SSSR count). The van der Waals surface area contributed by atoms with E-state index in [9.17, 15) is 9.59 Å². The summed E-state index contributed by atoms with van der Waals surface area (Å²) in [6.45, 7) is 5.05. The number of fused-ring (bicyclic) bond motifs is 1. The SMILES string of the molecule is Cc1cc(COc2ccc(C(=O)N[C@@H]3CN(CC4CC4)CC[C@H]3CC(=O)NO)cc2)c2ccccc2n1. The highest BCUT2D eigenvalue weighted by molar-refractivity contribution is 5.94. The molecule has 3 N–H and O–H groups in total. The van der Waals surface area contributed by atoms with Crippen LogP contribution in [0.1, 0.15) is 47.3 Å². The number of pyridine rings is 1. The summed E-state index contributed by atoms with van der Waals surface area (Å²) < 4.78 is 6.04. The van der Waals surface area contributed by atoms with Crippen molar-refractivity contribution in [3.8, 4) is 5.75 Å². The third kappa shape index (κ3) is 6.45. The van der Waals surface area contributed by atoms with Gasteiger partial charge in [-0.15, -0.1) is 0 Å². The molecule has 2 atom stereocenters. The Bertz CT molecular complexity index is 1260. The van der Waals surface area contributed by atoms with E-state index in [0.29, 0.717) is 24.5 Å². The maximum absolute atomic E-state index is 13.1. The Kier molecular flexibility index (Phi) is 7.67. The minimum absolute atomic E-state index is 0.0206. The van der Waals surface area contributed by atoms with Crippen molar-refractivity contribution in [2.45, 2.75) is 45.3 Å². The molecule has 1 aliphatic carbocycles. The van der Waals surface area contributed by atoms with Gasteiger partial charge in [-0.2, -0.15) is 0 Å². The molecule has 0 spiro atoms. The molecule has 3 aromatic rings. The molecule has 0 radical (unpaired) electrons. The van der Waals surface area contributed by atoms with Gasteiger partial charge in [0.25, 0.3) is 5.91 Å². The molecular formula is C29H34N4O4. The summed E-state index contributed by atoms with van der Waals surface area (Å²) in [5.74, 6) is 0.831. The van der Waals surface area contributed by atoms with Gasteiger partial charge in [0.2, 0.25) is 5.91 Å². The number of ether oxygens (including phenoxy) is 1. The first kappa shape index (κ1) is 25.2.